The summed E-state index contributed by atoms with van der Waals surface area (Å²) in [7, 11) is 1.51. The molecule has 1 aromatic rings. The van der Waals surface area contributed by atoms with Crippen LogP contribution < -0.4 is 9.75 Å². The third-order valence-electron chi connectivity index (χ3n) is 2.68. The lowest BCUT2D eigenvalue weighted by molar-refractivity contribution is -0.142. The smallest absolute Gasteiger partial charge is 0.322 e. The summed E-state index contributed by atoms with van der Waals surface area (Å²) in [5, 5.41) is 14.0. The average molecular weight is 248 g/mol. The number of anilines is 1. The first kappa shape index (κ1) is 12.1. The molecule has 1 heterocycles. The van der Waals surface area contributed by atoms with Crippen molar-refractivity contribution in [2.75, 3.05) is 12.1 Å². The van der Waals surface area contributed by atoms with Gasteiger partial charge in [0, 0.05) is 6.07 Å². The molecule has 0 saturated carbocycles. The molecule has 1 amide bonds. The molecule has 0 radical (unpaired) electrons. The van der Waals surface area contributed by atoms with Crippen LogP contribution in [-0.2, 0) is 9.59 Å². The van der Waals surface area contributed by atoms with Gasteiger partial charge in [0.25, 0.3) is 5.91 Å². The standard InChI is InChI=1S/C12H12N2O4/c1-7-10(12(16)17)11(15)14(13-7)8-4-3-5-9(6-8)18-2/h3-6,10H,1-2H3,(H,16,17). The lowest BCUT2D eigenvalue weighted by Crippen LogP contribution is -2.32. The molecule has 1 aromatic carbocycles. The third-order valence-corrected chi connectivity index (χ3v) is 2.68. The minimum Gasteiger partial charge on any atom is -0.497 e. The molecule has 1 aliphatic rings. The summed E-state index contributed by atoms with van der Waals surface area (Å²) in [5.41, 5.74) is 0.762. The molecule has 0 aromatic heterocycles. The van der Waals surface area contributed by atoms with Gasteiger partial charge in [-0.1, -0.05) is 6.07 Å². The molecule has 1 atom stereocenters. The zero-order valence-corrected chi connectivity index (χ0v) is 9.95. The highest BCUT2D eigenvalue weighted by Gasteiger charge is 2.39. The Bertz CT molecular complexity index is 539. The number of benzene rings is 1. The second kappa shape index (κ2) is 4.48. The fourth-order valence-electron chi connectivity index (χ4n) is 1.78. The number of hydrogen-bond acceptors (Lipinski definition) is 4. The zero-order valence-electron chi connectivity index (χ0n) is 9.95. The lowest BCUT2D eigenvalue weighted by Gasteiger charge is -2.13. The molecule has 1 aliphatic heterocycles. The molecule has 0 aliphatic carbocycles. The van der Waals surface area contributed by atoms with Gasteiger partial charge in [0.2, 0.25) is 0 Å². The maximum absolute atomic E-state index is 11.9. The van der Waals surface area contributed by atoms with E-state index in [0.29, 0.717) is 11.4 Å². The number of ether oxygens (including phenoxy) is 1. The van der Waals surface area contributed by atoms with E-state index in [1.807, 2.05) is 0 Å². The van der Waals surface area contributed by atoms with Gasteiger partial charge < -0.3 is 9.84 Å². The van der Waals surface area contributed by atoms with Gasteiger partial charge >= 0.3 is 5.97 Å². The number of carboxylic acid groups (broad SMARTS) is 1. The second-order valence-electron chi connectivity index (χ2n) is 3.86. The van der Waals surface area contributed by atoms with Gasteiger partial charge in [0.05, 0.1) is 18.5 Å². The monoisotopic (exact) mass is 248 g/mol. The third kappa shape index (κ3) is 1.92. The number of carbonyl (C=O) groups excluding carboxylic acids is 1. The predicted octanol–water partition coefficient (Wildman–Crippen LogP) is 1.12. The number of aliphatic carboxylic acids is 1. The molecule has 2 rings (SSSR count). The van der Waals surface area contributed by atoms with E-state index >= 15 is 0 Å². The van der Waals surface area contributed by atoms with E-state index in [0.717, 1.165) is 5.01 Å². The maximum Gasteiger partial charge on any atom is 0.322 e. The van der Waals surface area contributed by atoms with E-state index in [4.69, 9.17) is 9.84 Å². The SMILES string of the molecule is COc1cccc(N2N=C(C)C(C(=O)O)C2=O)c1. The summed E-state index contributed by atoms with van der Waals surface area (Å²) in [4.78, 5) is 22.9. The van der Waals surface area contributed by atoms with Gasteiger partial charge in [0.1, 0.15) is 5.75 Å². The van der Waals surface area contributed by atoms with Gasteiger partial charge in [-0.3, -0.25) is 9.59 Å². The Hall–Kier alpha value is -2.37. The van der Waals surface area contributed by atoms with Crippen molar-refractivity contribution in [2.24, 2.45) is 11.0 Å². The second-order valence-corrected chi connectivity index (χ2v) is 3.86. The molecule has 0 saturated heterocycles. The van der Waals surface area contributed by atoms with E-state index < -0.39 is 17.8 Å². The van der Waals surface area contributed by atoms with E-state index in [1.54, 1.807) is 24.3 Å². The minimum atomic E-state index is -1.20. The molecular weight excluding hydrogens is 236 g/mol. The summed E-state index contributed by atoms with van der Waals surface area (Å²) >= 11 is 0. The number of hydrogen-bond donors (Lipinski definition) is 1. The number of rotatable bonds is 3. The summed E-state index contributed by atoms with van der Waals surface area (Å²) < 4.78 is 5.05. The summed E-state index contributed by atoms with van der Waals surface area (Å²) in [6, 6.07) is 6.73. The lowest BCUT2D eigenvalue weighted by atomic mass is 10.1. The Morgan fingerprint density at radius 1 is 1.50 bits per heavy atom. The highest BCUT2D eigenvalue weighted by Crippen LogP contribution is 2.26. The molecule has 18 heavy (non-hydrogen) atoms. The van der Waals surface area contributed by atoms with Gasteiger partial charge in [-0.15, -0.1) is 0 Å². The van der Waals surface area contributed by atoms with Crippen molar-refractivity contribution in [1.29, 1.82) is 0 Å². The highest BCUT2D eigenvalue weighted by molar-refractivity contribution is 6.25. The Labute approximate surface area is 103 Å². The number of carbonyl (C=O) groups is 2. The topological polar surface area (TPSA) is 79.2 Å². The minimum absolute atomic E-state index is 0.273. The average Bonchev–Trinajstić information content (AvgIpc) is 2.65. The van der Waals surface area contributed by atoms with Crippen molar-refractivity contribution in [2.45, 2.75) is 6.92 Å². The first-order chi connectivity index (χ1) is 8.54. The number of carboxylic acids is 1. The van der Waals surface area contributed by atoms with Crippen molar-refractivity contribution in [3.05, 3.63) is 24.3 Å². The van der Waals surface area contributed by atoms with Crippen molar-refractivity contribution in [3.8, 4) is 5.75 Å². The van der Waals surface area contributed by atoms with Gasteiger partial charge in [0.15, 0.2) is 5.92 Å². The molecule has 94 valence electrons. The highest BCUT2D eigenvalue weighted by atomic mass is 16.5. The molecule has 6 nitrogen and oxygen atoms in total. The quantitative estimate of drug-likeness (QED) is 0.813. The van der Waals surface area contributed by atoms with Crippen LogP contribution >= 0.6 is 0 Å². The number of amides is 1. The molecule has 1 N–H and O–H groups in total. The van der Waals surface area contributed by atoms with Gasteiger partial charge in [-0.05, 0) is 19.1 Å². The van der Waals surface area contributed by atoms with Crippen LogP contribution in [0.5, 0.6) is 5.75 Å². The predicted molar refractivity (Wildman–Crippen MR) is 64.7 cm³/mol. The first-order valence-corrected chi connectivity index (χ1v) is 5.30. The summed E-state index contributed by atoms with van der Waals surface area (Å²) in [6.45, 7) is 1.52. The number of hydrazone groups is 1. The normalized spacial score (nSPS) is 18.8. The van der Waals surface area contributed by atoms with Crippen molar-refractivity contribution in [3.63, 3.8) is 0 Å². The molecule has 6 heteroatoms. The van der Waals surface area contributed by atoms with E-state index in [2.05, 4.69) is 5.10 Å². The molecular formula is C12H12N2O4. The molecule has 0 bridgehead atoms. The summed E-state index contributed by atoms with van der Waals surface area (Å²) in [6.07, 6.45) is 0. The fourth-order valence-corrected chi connectivity index (χ4v) is 1.78. The van der Waals surface area contributed by atoms with Gasteiger partial charge in [-0.25, -0.2) is 0 Å². The van der Waals surface area contributed by atoms with Crippen LogP contribution in [0.25, 0.3) is 0 Å². The molecule has 0 fully saturated rings. The van der Waals surface area contributed by atoms with E-state index in [-0.39, 0.29) is 5.71 Å². The van der Waals surface area contributed by atoms with Crippen LogP contribution in [0.4, 0.5) is 5.69 Å². The molecule has 0 spiro atoms. The largest absolute Gasteiger partial charge is 0.497 e. The Morgan fingerprint density at radius 2 is 2.22 bits per heavy atom. The Kier molecular flexibility index (Phi) is 3.01. The fraction of sp³-hybridized carbons (Fsp3) is 0.250. The zero-order chi connectivity index (χ0) is 13.3. The Morgan fingerprint density at radius 3 is 2.78 bits per heavy atom. The van der Waals surface area contributed by atoms with Crippen molar-refractivity contribution < 1.29 is 19.4 Å². The Balaban J connectivity index is 2.35. The van der Waals surface area contributed by atoms with Crippen molar-refractivity contribution >= 4 is 23.3 Å². The van der Waals surface area contributed by atoms with E-state index in [1.165, 1.54) is 14.0 Å². The number of methoxy groups -OCH3 is 1. The number of nitrogens with zero attached hydrogens (tertiary/aromatic N) is 2. The van der Waals surface area contributed by atoms with Crippen LogP contribution in [0.15, 0.2) is 29.4 Å². The van der Waals surface area contributed by atoms with Crippen LogP contribution in [0.1, 0.15) is 6.92 Å². The van der Waals surface area contributed by atoms with Crippen LogP contribution in [0.2, 0.25) is 0 Å². The van der Waals surface area contributed by atoms with Crippen LogP contribution in [-0.4, -0.2) is 29.8 Å². The summed E-state index contributed by atoms with van der Waals surface area (Å²) in [5.74, 6) is -2.37. The first-order valence-electron chi connectivity index (χ1n) is 5.30. The van der Waals surface area contributed by atoms with Crippen LogP contribution in [0.3, 0.4) is 0 Å². The maximum atomic E-state index is 11.9. The van der Waals surface area contributed by atoms with Crippen LogP contribution in [0, 0.1) is 5.92 Å². The molecule has 1 unspecified atom stereocenters. The van der Waals surface area contributed by atoms with E-state index in [9.17, 15) is 9.59 Å². The van der Waals surface area contributed by atoms with Crippen molar-refractivity contribution in [1.82, 2.24) is 0 Å². The van der Waals surface area contributed by atoms with Gasteiger partial charge in [-0.2, -0.15) is 10.1 Å².